The Morgan fingerprint density at radius 2 is 1.75 bits per heavy atom. The summed E-state index contributed by atoms with van der Waals surface area (Å²) in [6.07, 6.45) is 12.1. The van der Waals surface area contributed by atoms with Gasteiger partial charge in [0.05, 0.1) is 5.92 Å². The SMILES string of the molecule is OC1(O)C=CC2=CC=CCC2=C1C1c2ccccc2C=CC1(O)O. The van der Waals surface area contributed by atoms with Crippen LogP contribution in [0.3, 0.4) is 0 Å². The number of benzene rings is 1. The van der Waals surface area contributed by atoms with Crippen LogP contribution in [0.5, 0.6) is 0 Å². The van der Waals surface area contributed by atoms with Crippen molar-refractivity contribution in [2.24, 2.45) is 0 Å². The van der Waals surface area contributed by atoms with Crippen LogP contribution in [0.1, 0.15) is 23.5 Å². The molecule has 0 aliphatic heterocycles. The molecule has 122 valence electrons. The number of allylic oxidation sites excluding steroid dienone is 6. The summed E-state index contributed by atoms with van der Waals surface area (Å²) in [7, 11) is 0. The Bertz CT molecular complexity index is 850. The van der Waals surface area contributed by atoms with E-state index in [0.717, 1.165) is 11.1 Å². The number of aliphatic hydroxyl groups is 4. The average molecular weight is 322 g/mol. The summed E-state index contributed by atoms with van der Waals surface area (Å²) < 4.78 is 0. The lowest BCUT2D eigenvalue weighted by Gasteiger charge is -2.41. The zero-order valence-corrected chi connectivity index (χ0v) is 12.9. The number of rotatable bonds is 1. The van der Waals surface area contributed by atoms with Crippen molar-refractivity contribution in [1.82, 2.24) is 0 Å². The van der Waals surface area contributed by atoms with E-state index in [-0.39, 0.29) is 5.57 Å². The first kappa shape index (κ1) is 15.3. The quantitative estimate of drug-likeness (QED) is 0.596. The van der Waals surface area contributed by atoms with Crippen LogP contribution in [-0.4, -0.2) is 32.0 Å². The van der Waals surface area contributed by atoms with Crippen LogP contribution >= 0.6 is 0 Å². The summed E-state index contributed by atoms with van der Waals surface area (Å²) in [4.78, 5) is 0. The molecule has 1 atom stereocenters. The molecule has 3 aliphatic rings. The van der Waals surface area contributed by atoms with Gasteiger partial charge in [0.25, 0.3) is 0 Å². The van der Waals surface area contributed by atoms with Gasteiger partial charge in [-0.3, -0.25) is 0 Å². The van der Waals surface area contributed by atoms with Gasteiger partial charge < -0.3 is 20.4 Å². The summed E-state index contributed by atoms with van der Waals surface area (Å²) in [6.45, 7) is 0. The Hall–Kier alpha value is -2.24. The highest BCUT2D eigenvalue weighted by Crippen LogP contribution is 2.48. The molecule has 0 saturated heterocycles. The molecule has 0 spiro atoms. The Morgan fingerprint density at radius 3 is 2.58 bits per heavy atom. The highest BCUT2D eigenvalue weighted by Gasteiger charge is 2.48. The van der Waals surface area contributed by atoms with Gasteiger partial charge in [-0.1, -0.05) is 54.6 Å². The zero-order valence-electron chi connectivity index (χ0n) is 12.9. The van der Waals surface area contributed by atoms with Gasteiger partial charge in [-0.2, -0.15) is 0 Å². The third-order valence-corrected chi connectivity index (χ3v) is 4.83. The van der Waals surface area contributed by atoms with Crippen molar-refractivity contribution in [3.63, 3.8) is 0 Å². The van der Waals surface area contributed by atoms with E-state index in [1.807, 2.05) is 30.4 Å². The van der Waals surface area contributed by atoms with E-state index in [1.165, 1.54) is 12.2 Å². The van der Waals surface area contributed by atoms with E-state index in [2.05, 4.69) is 0 Å². The van der Waals surface area contributed by atoms with Gasteiger partial charge in [0.15, 0.2) is 5.79 Å². The Kier molecular flexibility index (Phi) is 3.27. The lowest BCUT2D eigenvalue weighted by atomic mass is 9.70. The fraction of sp³-hybridized carbons (Fsp3) is 0.200. The molecule has 1 unspecified atom stereocenters. The molecule has 1 aromatic rings. The molecule has 0 fully saturated rings. The molecule has 24 heavy (non-hydrogen) atoms. The fourth-order valence-electron chi connectivity index (χ4n) is 3.73. The molecule has 0 aromatic heterocycles. The minimum Gasteiger partial charge on any atom is -0.362 e. The van der Waals surface area contributed by atoms with Crippen molar-refractivity contribution in [3.8, 4) is 0 Å². The summed E-state index contributed by atoms with van der Waals surface area (Å²) >= 11 is 0. The lowest BCUT2D eigenvalue weighted by molar-refractivity contribution is -0.151. The minimum atomic E-state index is -2.24. The molecule has 4 nitrogen and oxygen atoms in total. The first-order chi connectivity index (χ1) is 11.4. The molecule has 0 bridgehead atoms. The van der Waals surface area contributed by atoms with Crippen LogP contribution in [0.2, 0.25) is 0 Å². The zero-order chi connectivity index (χ0) is 16.9. The van der Waals surface area contributed by atoms with E-state index in [1.54, 1.807) is 24.3 Å². The van der Waals surface area contributed by atoms with E-state index in [4.69, 9.17) is 0 Å². The second-order valence-electron chi connectivity index (χ2n) is 6.38. The Labute approximate surface area is 139 Å². The molecule has 0 radical (unpaired) electrons. The third kappa shape index (κ3) is 2.24. The topological polar surface area (TPSA) is 80.9 Å². The first-order valence-electron chi connectivity index (χ1n) is 7.88. The molecular weight excluding hydrogens is 304 g/mol. The van der Waals surface area contributed by atoms with Gasteiger partial charge in [-0.05, 0) is 40.8 Å². The van der Waals surface area contributed by atoms with Crippen LogP contribution in [0.4, 0.5) is 0 Å². The highest BCUT2D eigenvalue weighted by molar-refractivity contribution is 5.65. The van der Waals surface area contributed by atoms with Crippen LogP contribution in [0.15, 0.2) is 77.4 Å². The first-order valence-corrected chi connectivity index (χ1v) is 7.88. The molecule has 3 aliphatic carbocycles. The molecule has 0 saturated carbocycles. The summed E-state index contributed by atoms with van der Waals surface area (Å²) in [6, 6.07) is 7.32. The van der Waals surface area contributed by atoms with Gasteiger partial charge in [-0.15, -0.1) is 0 Å². The van der Waals surface area contributed by atoms with Crippen molar-refractivity contribution < 1.29 is 20.4 Å². The van der Waals surface area contributed by atoms with Crippen molar-refractivity contribution in [2.45, 2.75) is 23.9 Å². The van der Waals surface area contributed by atoms with Crippen LogP contribution in [0, 0.1) is 0 Å². The smallest absolute Gasteiger partial charge is 0.207 e. The standard InChI is InChI=1S/C20H18O4/c21-19(22)11-9-13-5-1-3-7-15(13)17(19)18-16-8-4-2-6-14(16)10-12-20(18,23)24/h1-7,9-12,17,21-24H,8H2. The second kappa shape index (κ2) is 5.13. The summed E-state index contributed by atoms with van der Waals surface area (Å²) in [5, 5.41) is 42.4. The van der Waals surface area contributed by atoms with E-state index in [9.17, 15) is 20.4 Å². The van der Waals surface area contributed by atoms with Gasteiger partial charge in [0.1, 0.15) is 0 Å². The number of fused-ring (bicyclic) bond motifs is 2. The predicted octanol–water partition coefficient (Wildman–Crippen LogP) is 1.91. The maximum Gasteiger partial charge on any atom is 0.207 e. The number of hydrogen-bond donors (Lipinski definition) is 4. The second-order valence-corrected chi connectivity index (χ2v) is 6.38. The highest BCUT2D eigenvalue weighted by atomic mass is 16.5. The lowest BCUT2D eigenvalue weighted by Crippen LogP contribution is -2.45. The Morgan fingerprint density at radius 1 is 0.958 bits per heavy atom. The van der Waals surface area contributed by atoms with Crippen molar-refractivity contribution >= 4 is 6.08 Å². The average Bonchev–Trinajstić information content (AvgIpc) is 2.55. The largest absolute Gasteiger partial charge is 0.362 e. The maximum atomic E-state index is 10.6. The molecule has 0 amide bonds. The van der Waals surface area contributed by atoms with Crippen LogP contribution in [0.25, 0.3) is 6.08 Å². The summed E-state index contributed by atoms with van der Waals surface area (Å²) in [5.41, 5.74) is 3.27. The van der Waals surface area contributed by atoms with Crippen molar-refractivity contribution in [1.29, 1.82) is 0 Å². The van der Waals surface area contributed by atoms with Gasteiger partial charge in [-0.25, -0.2) is 0 Å². The van der Waals surface area contributed by atoms with E-state index in [0.29, 0.717) is 17.6 Å². The van der Waals surface area contributed by atoms with Gasteiger partial charge in [0.2, 0.25) is 5.79 Å². The summed E-state index contributed by atoms with van der Waals surface area (Å²) in [5.74, 6) is -5.41. The fourth-order valence-corrected chi connectivity index (χ4v) is 3.73. The van der Waals surface area contributed by atoms with E-state index >= 15 is 0 Å². The van der Waals surface area contributed by atoms with Crippen LogP contribution in [-0.2, 0) is 0 Å². The van der Waals surface area contributed by atoms with Gasteiger partial charge >= 0.3 is 0 Å². The normalized spacial score (nSPS) is 26.0. The molecule has 4 rings (SSSR count). The van der Waals surface area contributed by atoms with Crippen molar-refractivity contribution in [3.05, 3.63) is 88.6 Å². The van der Waals surface area contributed by atoms with Gasteiger partial charge in [0, 0.05) is 5.57 Å². The monoisotopic (exact) mass is 322 g/mol. The molecule has 4 N–H and O–H groups in total. The van der Waals surface area contributed by atoms with Crippen molar-refractivity contribution in [2.75, 3.05) is 0 Å². The Balaban J connectivity index is 1.99. The van der Waals surface area contributed by atoms with E-state index < -0.39 is 17.5 Å². The molecule has 0 heterocycles. The predicted molar refractivity (Wildman–Crippen MR) is 90.6 cm³/mol. The molecule has 1 aromatic carbocycles. The molecular formula is C20H18O4. The van der Waals surface area contributed by atoms with Crippen LogP contribution < -0.4 is 0 Å². The third-order valence-electron chi connectivity index (χ3n) is 4.83. The maximum absolute atomic E-state index is 10.6. The number of hydrogen-bond acceptors (Lipinski definition) is 4. The minimum absolute atomic E-state index is 0.211. The molecule has 4 heteroatoms.